The Kier molecular flexibility index (Phi) is 5.89. The maximum absolute atomic E-state index is 11.9. The van der Waals surface area contributed by atoms with Gasteiger partial charge in [0.15, 0.2) is 0 Å². The maximum Gasteiger partial charge on any atom is 0.326 e. The van der Waals surface area contributed by atoms with Crippen molar-refractivity contribution in [1.29, 1.82) is 0 Å². The fourth-order valence-corrected chi connectivity index (χ4v) is 1.61. The second kappa shape index (κ2) is 7.42. The molecule has 1 aromatic rings. The van der Waals surface area contributed by atoms with E-state index in [1.54, 1.807) is 6.92 Å². The van der Waals surface area contributed by atoms with Gasteiger partial charge in [0.1, 0.15) is 11.7 Å². The van der Waals surface area contributed by atoms with Crippen LogP contribution in [-0.4, -0.2) is 32.8 Å². The van der Waals surface area contributed by atoms with Gasteiger partial charge < -0.3 is 10.4 Å². The largest absolute Gasteiger partial charge is 0.480 e. The smallest absolute Gasteiger partial charge is 0.326 e. The monoisotopic (exact) mass is 281 g/mol. The lowest BCUT2D eigenvalue weighted by Crippen LogP contribution is -2.41. The van der Waals surface area contributed by atoms with Gasteiger partial charge in [-0.15, -0.1) is 0 Å². The van der Waals surface area contributed by atoms with E-state index in [0.29, 0.717) is 6.54 Å². The van der Waals surface area contributed by atoms with Crippen LogP contribution in [0, 0.1) is 0 Å². The number of nitrogens with one attached hydrogen (secondary N) is 1. The van der Waals surface area contributed by atoms with Crippen LogP contribution in [0.4, 0.5) is 0 Å². The lowest BCUT2D eigenvalue weighted by atomic mass is 10.2. The highest BCUT2D eigenvalue weighted by Gasteiger charge is 2.19. The predicted octanol–water partition coefficient (Wildman–Crippen LogP) is 0.636. The number of aliphatic carboxylic acids is 1. The van der Waals surface area contributed by atoms with Gasteiger partial charge in [0.25, 0.3) is 11.5 Å². The number of amides is 1. The molecular weight excluding hydrogens is 262 g/mol. The summed E-state index contributed by atoms with van der Waals surface area (Å²) in [6.07, 6.45) is 1.96. The number of carboxylic acids is 1. The van der Waals surface area contributed by atoms with E-state index >= 15 is 0 Å². The van der Waals surface area contributed by atoms with E-state index in [1.165, 1.54) is 16.8 Å². The highest BCUT2D eigenvalue weighted by atomic mass is 16.4. The fourth-order valence-electron chi connectivity index (χ4n) is 1.61. The first-order valence-electron chi connectivity index (χ1n) is 6.61. The Morgan fingerprint density at radius 1 is 1.40 bits per heavy atom. The van der Waals surface area contributed by atoms with Crippen LogP contribution in [0.2, 0.25) is 0 Å². The molecule has 1 atom stereocenters. The third-order valence-corrected chi connectivity index (χ3v) is 2.83. The highest BCUT2D eigenvalue weighted by Crippen LogP contribution is 1.97. The molecule has 110 valence electrons. The van der Waals surface area contributed by atoms with Crippen LogP contribution >= 0.6 is 0 Å². The van der Waals surface area contributed by atoms with Crippen LogP contribution in [0.5, 0.6) is 0 Å². The van der Waals surface area contributed by atoms with Crippen molar-refractivity contribution in [2.75, 3.05) is 0 Å². The molecule has 7 heteroatoms. The number of aromatic nitrogens is 2. The second-order valence-corrected chi connectivity index (χ2v) is 4.41. The Balaban J connectivity index is 2.88. The third kappa shape index (κ3) is 4.18. The predicted molar refractivity (Wildman–Crippen MR) is 72.6 cm³/mol. The van der Waals surface area contributed by atoms with Crippen molar-refractivity contribution in [1.82, 2.24) is 15.1 Å². The lowest BCUT2D eigenvalue weighted by molar-refractivity contribution is -0.139. The summed E-state index contributed by atoms with van der Waals surface area (Å²) in [5, 5.41) is 15.2. The number of aryl methyl sites for hydroxylation is 1. The minimum atomic E-state index is -1.10. The molecule has 2 N–H and O–H groups in total. The van der Waals surface area contributed by atoms with Crippen molar-refractivity contribution in [2.24, 2.45) is 0 Å². The first-order chi connectivity index (χ1) is 9.49. The van der Waals surface area contributed by atoms with E-state index in [4.69, 9.17) is 5.11 Å². The Hall–Kier alpha value is -2.18. The van der Waals surface area contributed by atoms with Gasteiger partial charge in [-0.25, -0.2) is 9.48 Å². The number of rotatable bonds is 7. The van der Waals surface area contributed by atoms with Crippen molar-refractivity contribution in [3.05, 3.63) is 28.2 Å². The Morgan fingerprint density at radius 2 is 2.10 bits per heavy atom. The fraction of sp³-hybridized carbons (Fsp3) is 0.538. The molecule has 0 radical (unpaired) electrons. The van der Waals surface area contributed by atoms with E-state index in [9.17, 15) is 14.4 Å². The van der Waals surface area contributed by atoms with Gasteiger partial charge in [-0.2, -0.15) is 5.10 Å². The molecule has 0 aromatic carbocycles. The molecule has 0 saturated carbocycles. The quantitative estimate of drug-likeness (QED) is 0.763. The molecule has 1 amide bonds. The average Bonchev–Trinajstić information content (AvgIpc) is 2.43. The van der Waals surface area contributed by atoms with Gasteiger partial charge in [0, 0.05) is 12.6 Å². The van der Waals surface area contributed by atoms with Crippen LogP contribution in [0.15, 0.2) is 16.9 Å². The van der Waals surface area contributed by atoms with E-state index in [-0.39, 0.29) is 17.7 Å². The van der Waals surface area contributed by atoms with Crippen LogP contribution in [0.25, 0.3) is 0 Å². The standard InChI is InChI=1S/C13H19N3O4/c1-3-5-8-16-11(17)7-6-10(15-16)12(18)14-9(4-2)13(19)20/h6-7,9H,3-5,8H2,1-2H3,(H,14,18)(H,19,20). The molecule has 1 aromatic heterocycles. The number of carbonyl (C=O) groups excluding carboxylic acids is 1. The van der Waals surface area contributed by atoms with Gasteiger partial charge in [0.05, 0.1) is 0 Å². The second-order valence-electron chi connectivity index (χ2n) is 4.41. The topological polar surface area (TPSA) is 101 Å². The Labute approximate surface area is 116 Å². The zero-order chi connectivity index (χ0) is 15.1. The molecule has 0 bridgehead atoms. The van der Waals surface area contributed by atoms with Crippen molar-refractivity contribution >= 4 is 11.9 Å². The summed E-state index contributed by atoms with van der Waals surface area (Å²) in [7, 11) is 0. The van der Waals surface area contributed by atoms with E-state index in [0.717, 1.165) is 12.8 Å². The van der Waals surface area contributed by atoms with Crippen LogP contribution in [-0.2, 0) is 11.3 Å². The third-order valence-electron chi connectivity index (χ3n) is 2.83. The van der Waals surface area contributed by atoms with Gasteiger partial charge in [0.2, 0.25) is 0 Å². The molecule has 20 heavy (non-hydrogen) atoms. The van der Waals surface area contributed by atoms with Gasteiger partial charge in [-0.3, -0.25) is 9.59 Å². The number of carbonyl (C=O) groups is 2. The first-order valence-corrected chi connectivity index (χ1v) is 6.61. The van der Waals surface area contributed by atoms with Crippen LogP contribution in [0.1, 0.15) is 43.6 Å². The minimum Gasteiger partial charge on any atom is -0.480 e. The van der Waals surface area contributed by atoms with Gasteiger partial charge in [-0.1, -0.05) is 20.3 Å². The molecule has 0 saturated heterocycles. The van der Waals surface area contributed by atoms with Crippen molar-refractivity contribution < 1.29 is 14.7 Å². The Morgan fingerprint density at radius 3 is 2.65 bits per heavy atom. The van der Waals surface area contributed by atoms with E-state index < -0.39 is 17.9 Å². The van der Waals surface area contributed by atoms with Crippen LogP contribution in [0.3, 0.4) is 0 Å². The molecule has 0 aliphatic carbocycles. The summed E-state index contributed by atoms with van der Waals surface area (Å²) in [5.41, 5.74) is -0.235. The normalized spacial score (nSPS) is 11.9. The molecule has 0 fully saturated rings. The van der Waals surface area contributed by atoms with Gasteiger partial charge in [-0.05, 0) is 18.9 Å². The molecule has 7 nitrogen and oxygen atoms in total. The minimum absolute atomic E-state index is 0.0420. The molecule has 0 aliphatic heterocycles. The number of hydrogen-bond donors (Lipinski definition) is 2. The number of unbranched alkanes of at least 4 members (excludes halogenated alkanes) is 1. The SMILES string of the molecule is CCCCn1nc(C(=O)NC(CC)C(=O)O)ccc1=O. The molecule has 1 unspecified atom stereocenters. The van der Waals surface area contributed by atoms with Gasteiger partial charge >= 0.3 is 5.97 Å². The summed E-state index contributed by atoms with van der Waals surface area (Å²) in [4.78, 5) is 34.3. The summed E-state index contributed by atoms with van der Waals surface area (Å²) in [5.74, 6) is -1.69. The zero-order valence-electron chi connectivity index (χ0n) is 11.6. The zero-order valence-corrected chi connectivity index (χ0v) is 11.6. The van der Waals surface area contributed by atoms with E-state index in [1.807, 2.05) is 6.92 Å². The molecule has 1 rings (SSSR count). The Bertz CT molecular complexity index is 539. The molecule has 0 spiro atoms. The summed E-state index contributed by atoms with van der Waals surface area (Å²) < 4.78 is 1.22. The maximum atomic E-state index is 11.9. The summed E-state index contributed by atoms with van der Waals surface area (Å²) in [6, 6.07) is 1.61. The molecule has 0 aliphatic rings. The first kappa shape index (κ1) is 15.9. The van der Waals surface area contributed by atoms with E-state index in [2.05, 4.69) is 10.4 Å². The number of hydrogen-bond acceptors (Lipinski definition) is 4. The van der Waals surface area contributed by atoms with Crippen LogP contribution < -0.4 is 10.9 Å². The van der Waals surface area contributed by atoms with Crippen molar-refractivity contribution in [3.63, 3.8) is 0 Å². The lowest BCUT2D eigenvalue weighted by Gasteiger charge is -2.12. The summed E-state index contributed by atoms with van der Waals surface area (Å²) in [6.45, 7) is 4.08. The van der Waals surface area contributed by atoms with Crippen molar-refractivity contribution in [2.45, 2.75) is 45.7 Å². The van der Waals surface area contributed by atoms with Crippen molar-refractivity contribution in [3.8, 4) is 0 Å². The summed E-state index contributed by atoms with van der Waals surface area (Å²) >= 11 is 0. The average molecular weight is 281 g/mol. The number of nitrogens with zero attached hydrogens (tertiary/aromatic N) is 2. The molecule has 1 heterocycles. The number of carboxylic acid groups (broad SMARTS) is 1. The molecular formula is C13H19N3O4. The highest BCUT2D eigenvalue weighted by molar-refractivity contribution is 5.94.